The molecule has 100 valence electrons. The van der Waals surface area contributed by atoms with E-state index in [0.29, 0.717) is 17.6 Å². The van der Waals surface area contributed by atoms with Gasteiger partial charge in [0.25, 0.3) is 0 Å². The minimum atomic E-state index is -0.198. The van der Waals surface area contributed by atoms with Crippen molar-refractivity contribution in [1.82, 2.24) is 5.32 Å². The summed E-state index contributed by atoms with van der Waals surface area (Å²) in [7, 11) is 0. The first-order valence-corrected chi connectivity index (χ1v) is 7.31. The summed E-state index contributed by atoms with van der Waals surface area (Å²) in [6.45, 7) is 0.558. The number of hydrogen-bond acceptors (Lipinski definition) is 3. The van der Waals surface area contributed by atoms with Crippen molar-refractivity contribution in [2.45, 2.75) is 44.4 Å². The second-order valence-corrected chi connectivity index (χ2v) is 6.12. The second kappa shape index (κ2) is 6.24. The molecule has 18 heavy (non-hydrogen) atoms. The molecule has 0 spiro atoms. The van der Waals surface area contributed by atoms with Gasteiger partial charge >= 0.3 is 0 Å². The molecule has 3 N–H and O–H groups in total. The molecule has 1 aromatic rings. The molecule has 1 saturated carbocycles. The zero-order chi connectivity index (χ0) is 13.1. The fourth-order valence-electron chi connectivity index (χ4n) is 2.36. The van der Waals surface area contributed by atoms with Gasteiger partial charge in [-0.15, -0.1) is 0 Å². The molecule has 1 fully saturated rings. The number of nitrogens with one attached hydrogen (secondary N) is 1. The second-order valence-electron chi connectivity index (χ2n) is 4.79. The van der Waals surface area contributed by atoms with Crippen LogP contribution in [0.2, 0.25) is 5.02 Å². The number of aliphatic hydroxyl groups excluding tert-OH is 1. The Morgan fingerprint density at radius 1 is 1.39 bits per heavy atom. The van der Waals surface area contributed by atoms with Gasteiger partial charge in [0.05, 0.1) is 11.1 Å². The third-order valence-corrected chi connectivity index (χ3v) is 4.08. The first-order valence-electron chi connectivity index (χ1n) is 6.14. The zero-order valence-corrected chi connectivity index (χ0v) is 12.3. The maximum absolute atomic E-state index is 9.86. The zero-order valence-electron chi connectivity index (χ0n) is 10.00. The van der Waals surface area contributed by atoms with Crippen molar-refractivity contribution in [3.63, 3.8) is 0 Å². The van der Waals surface area contributed by atoms with Crippen LogP contribution in [0, 0.1) is 0 Å². The molecule has 2 rings (SSSR count). The Hall–Kier alpha value is -0.290. The molecule has 1 aliphatic rings. The number of phenols is 1. The fraction of sp³-hybridized carbons (Fsp3) is 0.538. The van der Waals surface area contributed by atoms with E-state index in [0.717, 1.165) is 35.7 Å². The minimum Gasteiger partial charge on any atom is -0.506 e. The van der Waals surface area contributed by atoms with Crippen molar-refractivity contribution in [2.24, 2.45) is 0 Å². The van der Waals surface area contributed by atoms with Crippen LogP contribution in [0.5, 0.6) is 5.75 Å². The molecule has 0 radical (unpaired) electrons. The molecule has 0 heterocycles. The monoisotopic (exact) mass is 333 g/mol. The number of benzene rings is 1. The van der Waals surface area contributed by atoms with Gasteiger partial charge in [-0.25, -0.2) is 0 Å². The van der Waals surface area contributed by atoms with E-state index in [1.54, 1.807) is 6.07 Å². The Morgan fingerprint density at radius 2 is 2.17 bits per heavy atom. The summed E-state index contributed by atoms with van der Waals surface area (Å²) < 4.78 is 0.853. The van der Waals surface area contributed by atoms with Crippen LogP contribution in [0.25, 0.3) is 0 Å². The molecular formula is C13H17BrClNO2. The molecule has 1 aliphatic carbocycles. The highest BCUT2D eigenvalue weighted by atomic mass is 79.9. The van der Waals surface area contributed by atoms with E-state index in [9.17, 15) is 10.2 Å². The molecule has 5 heteroatoms. The van der Waals surface area contributed by atoms with E-state index in [-0.39, 0.29) is 11.9 Å². The quantitative estimate of drug-likeness (QED) is 0.795. The Labute approximate surface area is 120 Å². The fourth-order valence-corrected chi connectivity index (χ4v) is 3.23. The van der Waals surface area contributed by atoms with Crippen molar-refractivity contribution < 1.29 is 10.2 Å². The predicted octanol–water partition coefficient (Wildman–Crippen LogP) is 3.20. The SMILES string of the molecule is Oc1c(Cl)cc(Br)cc1CN[C@@H]1CCC[C@H](O)C1. The van der Waals surface area contributed by atoms with Crippen molar-refractivity contribution in [2.75, 3.05) is 0 Å². The standard InChI is InChI=1S/C13H17BrClNO2/c14-9-4-8(13(18)12(15)5-9)7-16-10-2-1-3-11(17)6-10/h4-5,10-11,16-18H,1-3,6-7H2/t10-,11+/m1/s1. The van der Waals surface area contributed by atoms with Crippen LogP contribution < -0.4 is 5.32 Å². The summed E-state index contributed by atoms with van der Waals surface area (Å²) in [6.07, 6.45) is 3.59. The van der Waals surface area contributed by atoms with Gasteiger partial charge < -0.3 is 15.5 Å². The normalized spacial score (nSPS) is 24.2. The molecule has 1 aromatic carbocycles. The van der Waals surface area contributed by atoms with E-state index < -0.39 is 0 Å². The largest absolute Gasteiger partial charge is 0.506 e. The minimum absolute atomic E-state index is 0.128. The van der Waals surface area contributed by atoms with Gasteiger partial charge in [0.2, 0.25) is 0 Å². The highest BCUT2D eigenvalue weighted by molar-refractivity contribution is 9.10. The summed E-state index contributed by atoms with van der Waals surface area (Å²) in [4.78, 5) is 0. The lowest BCUT2D eigenvalue weighted by Gasteiger charge is -2.27. The number of rotatable bonds is 3. The Morgan fingerprint density at radius 3 is 2.89 bits per heavy atom. The van der Waals surface area contributed by atoms with Gasteiger partial charge in [0.1, 0.15) is 5.75 Å². The van der Waals surface area contributed by atoms with E-state index in [1.807, 2.05) is 6.07 Å². The van der Waals surface area contributed by atoms with Gasteiger partial charge in [0, 0.05) is 22.6 Å². The number of phenolic OH excluding ortho intramolecular Hbond substituents is 1. The molecule has 0 aliphatic heterocycles. The van der Waals surface area contributed by atoms with Crippen LogP contribution in [-0.2, 0) is 6.54 Å². The Bertz CT molecular complexity index is 428. The average molecular weight is 335 g/mol. The predicted molar refractivity (Wildman–Crippen MR) is 75.9 cm³/mol. The van der Waals surface area contributed by atoms with Crippen molar-refractivity contribution >= 4 is 27.5 Å². The van der Waals surface area contributed by atoms with Gasteiger partial charge in [0.15, 0.2) is 0 Å². The highest BCUT2D eigenvalue weighted by Crippen LogP contribution is 2.31. The number of hydrogen-bond donors (Lipinski definition) is 3. The Kier molecular flexibility index (Phi) is 4.90. The van der Waals surface area contributed by atoms with Crippen LogP contribution in [0.1, 0.15) is 31.2 Å². The molecular weight excluding hydrogens is 318 g/mol. The molecule has 0 aromatic heterocycles. The number of halogens is 2. The molecule has 0 bridgehead atoms. The lowest BCUT2D eigenvalue weighted by molar-refractivity contribution is 0.111. The molecule has 0 saturated heterocycles. The maximum Gasteiger partial charge on any atom is 0.138 e. The smallest absolute Gasteiger partial charge is 0.138 e. The van der Waals surface area contributed by atoms with Crippen LogP contribution in [0.3, 0.4) is 0 Å². The van der Waals surface area contributed by atoms with Crippen molar-refractivity contribution in [3.05, 3.63) is 27.2 Å². The summed E-state index contributed by atoms with van der Waals surface area (Å²) in [5.41, 5.74) is 0.773. The van der Waals surface area contributed by atoms with E-state index in [4.69, 9.17) is 11.6 Å². The molecule has 0 amide bonds. The van der Waals surface area contributed by atoms with Gasteiger partial charge in [-0.05, 0) is 37.8 Å². The lowest BCUT2D eigenvalue weighted by atomic mass is 9.93. The number of aliphatic hydroxyl groups is 1. The van der Waals surface area contributed by atoms with Crippen LogP contribution in [0.4, 0.5) is 0 Å². The van der Waals surface area contributed by atoms with Crippen molar-refractivity contribution in [1.29, 1.82) is 0 Å². The third-order valence-electron chi connectivity index (χ3n) is 3.33. The van der Waals surface area contributed by atoms with E-state index >= 15 is 0 Å². The van der Waals surface area contributed by atoms with E-state index in [2.05, 4.69) is 21.2 Å². The average Bonchev–Trinajstić information content (AvgIpc) is 2.32. The summed E-state index contributed by atoms with van der Waals surface area (Å²) in [5, 5.41) is 23.2. The molecule has 0 unspecified atom stereocenters. The van der Waals surface area contributed by atoms with Crippen LogP contribution >= 0.6 is 27.5 Å². The molecule has 2 atom stereocenters. The number of aromatic hydroxyl groups is 1. The van der Waals surface area contributed by atoms with Crippen molar-refractivity contribution in [3.8, 4) is 5.75 Å². The third kappa shape index (κ3) is 3.60. The van der Waals surface area contributed by atoms with Gasteiger partial charge in [-0.1, -0.05) is 27.5 Å². The van der Waals surface area contributed by atoms with Gasteiger partial charge in [-0.3, -0.25) is 0 Å². The van der Waals surface area contributed by atoms with Crippen LogP contribution in [-0.4, -0.2) is 22.4 Å². The first kappa shape index (κ1) is 14.1. The summed E-state index contributed by atoms with van der Waals surface area (Å²) in [5.74, 6) is 0.128. The summed E-state index contributed by atoms with van der Waals surface area (Å²) in [6, 6.07) is 3.84. The molecule has 3 nitrogen and oxygen atoms in total. The maximum atomic E-state index is 9.86. The summed E-state index contributed by atoms with van der Waals surface area (Å²) >= 11 is 9.28. The lowest BCUT2D eigenvalue weighted by Crippen LogP contribution is -2.35. The topological polar surface area (TPSA) is 52.5 Å². The highest BCUT2D eigenvalue weighted by Gasteiger charge is 2.20. The van der Waals surface area contributed by atoms with E-state index in [1.165, 1.54) is 0 Å². The first-order chi connectivity index (χ1) is 8.56. The Balaban J connectivity index is 1.97. The van der Waals surface area contributed by atoms with Crippen LogP contribution in [0.15, 0.2) is 16.6 Å². The van der Waals surface area contributed by atoms with Gasteiger partial charge in [-0.2, -0.15) is 0 Å².